The van der Waals surface area contributed by atoms with Crippen LogP contribution in [-0.2, 0) is 50.6 Å². The first-order chi connectivity index (χ1) is 21.5. The Balaban J connectivity index is 1.86. The topological polar surface area (TPSA) is 132 Å². The Morgan fingerprint density at radius 3 is 2.31 bits per heavy atom. The number of unbranched alkanes of at least 4 members (excludes halogenated alkanes) is 1. The van der Waals surface area contributed by atoms with E-state index in [1.54, 1.807) is 13.8 Å². The van der Waals surface area contributed by atoms with E-state index in [9.17, 15) is 22.8 Å². The van der Waals surface area contributed by atoms with Gasteiger partial charge in [-0.05, 0) is 56.0 Å². The highest BCUT2D eigenvalue weighted by Crippen LogP contribution is 2.58. The third kappa shape index (κ3) is 5.54. The molecule has 3 heterocycles. The van der Waals surface area contributed by atoms with Crippen LogP contribution in [0.3, 0.4) is 0 Å². The second-order valence-electron chi connectivity index (χ2n) is 11.0. The summed E-state index contributed by atoms with van der Waals surface area (Å²) in [5.74, 6) is -2.69. The lowest BCUT2D eigenvalue weighted by atomic mass is 9.69. The number of para-hydroxylation sites is 1. The summed E-state index contributed by atoms with van der Waals surface area (Å²) in [6.07, 6.45) is 0.875. The molecule has 0 aliphatic carbocycles. The van der Waals surface area contributed by atoms with E-state index >= 15 is 0 Å². The fourth-order valence-corrected chi connectivity index (χ4v) is 8.72. The average molecular weight is 703 g/mol. The van der Waals surface area contributed by atoms with E-state index < -0.39 is 45.4 Å². The van der Waals surface area contributed by atoms with Crippen LogP contribution in [0.25, 0.3) is 0 Å². The van der Waals surface area contributed by atoms with Gasteiger partial charge in [0.25, 0.3) is 0 Å². The van der Waals surface area contributed by atoms with Crippen molar-refractivity contribution in [2.75, 3.05) is 31.0 Å². The number of sulfonamides is 1. The van der Waals surface area contributed by atoms with Crippen molar-refractivity contribution in [3.05, 3.63) is 75.4 Å². The molecule has 2 aromatic rings. The van der Waals surface area contributed by atoms with Crippen molar-refractivity contribution in [3.8, 4) is 0 Å². The number of hydrogen-bond donors (Lipinski definition) is 0. The molecule has 1 saturated heterocycles. The average Bonchev–Trinajstić information content (AvgIpc) is 3.52. The predicted molar refractivity (Wildman–Crippen MR) is 171 cm³/mol. The Morgan fingerprint density at radius 2 is 1.67 bits per heavy atom. The quantitative estimate of drug-likeness (QED) is 0.249. The largest absolute Gasteiger partial charge is 0.467 e. The van der Waals surface area contributed by atoms with Crippen molar-refractivity contribution < 1.29 is 37.0 Å². The van der Waals surface area contributed by atoms with Gasteiger partial charge in [-0.3, -0.25) is 0 Å². The number of rotatable bonds is 11. The highest BCUT2D eigenvalue weighted by Gasteiger charge is 2.68. The van der Waals surface area contributed by atoms with E-state index in [1.165, 1.54) is 7.11 Å². The first-order valence-electron chi connectivity index (χ1n) is 14.9. The first kappa shape index (κ1) is 32.7. The van der Waals surface area contributed by atoms with Crippen molar-refractivity contribution in [2.24, 2.45) is 4.99 Å². The molecule has 0 aromatic heterocycles. The number of carbonyl (C=O) groups is 3. The summed E-state index contributed by atoms with van der Waals surface area (Å²) in [5, 5.41) is 0. The molecule has 1 fully saturated rings. The van der Waals surface area contributed by atoms with Crippen LogP contribution in [0.4, 0.5) is 5.69 Å². The molecule has 0 bridgehead atoms. The zero-order valence-corrected chi connectivity index (χ0v) is 28.0. The second-order valence-corrected chi connectivity index (χ2v) is 13.9. The minimum absolute atomic E-state index is 0.00870. The molecular formula is C32H36BrN3O8S. The molecule has 45 heavy (non-hydrogen) atoms. The van der Waals surface area contributed by atoms with Gasteiger partial charge in [-0.15, -0.1) is 0 Å². The van der Waals surface area contributed by atoms with E-state index in [0.717, 1.165) is 14.3 Å². The molecule has 0 radical (unpaired) electrons. The molecule has 5 rings (SSSR count). The van der Waals surface area contributed by atoms with Gasteiger partial charge in [0.15, 0.2) is 5.70 Å². The van der Waals surface area contributed by atoms with Gasteiger partial charge in [-0.2, -0.15) is 0 Å². The molecule has 0 N–H and O–H groups in total. The van der Waals surface area contributed by atoms with Crippen LogP contribution >= 0.6 is 15.9 Å². The maximum absolute atomic E-state index is 14.1. The highest BCUT2D eigenvalue weighted by atomic mass is 79.9. The van der Waals surface area contributed by atoms with Gasteiger partial charge < -0.3 is 19.1 Å². The van der Waals surface area contributed by atoms with Gasteiger partial charge in [0.2, 0.25) is 10.0 Å². The third-order valence-electron chi connectivity index (χ3n) is 8.38. The number of ether oxygens (including phenoxy) is 3. The fourth-order valence-electron chi connectivity index (χ4n) is 6.59. The molecule has 0 amide bonds. The number of methoxy groups -OCH3 is 1. The number of anilines is 1. The normalized spacial score (nSPS) is 21.9. The molecule has 3 aliphatic rings. The van der Waals surface area contributed by atoms with Crippen molar-refractivity contribution >= 4 is 55.4 Å². The van der Waals surface area contributed by atoms with E-state index in [2.05, 4.69) is 20.9 Å². The number of nitrogens with zero attached hydrogens (tertiary/aromatic N) is 3. The van der Waals surface area contributed by atoms with Crippen molar-refractivity contribution in [1.29, 1.82) is 0 Å². The number of halogens is 1. The van der Waals surface area contributed by atoms with Crippen LogP contribution in [0.1, 0.15) is 51.2 Å². The van der Waals surface area contributed by atoms with Crippen molar-refractivity contribution in [1.82, 2.24) is 4.31 Å². The van der Waals surface area contributed by atoms with Crippen molar-refractivity contribution in [3.63, 3.8) is 0 Å². The monoisotopic (exact) mass is 701 g/mol. The zero-order valence-electron chi connectivity index (χ0n) is 25.6. The SMILES string of the molecule is CCCCS(=O)(=O)N1C2=NC(C(=O)OCC)=C(C(=O)OCC)C3N(Cc4ccc(Br)cc4)c4ccccc4[C@]23C[C@H]1C(=O)OC. The molecule has 1 spiro atoms. The van der Waals surface area contributed by atoms with Gasteiger partial charge in [0, 0.05) is 16.7 Å². The first-order valence-corrected chi connectivity index (χ1v) is 17.3. The van der Waals surface area contributed by atoms with Gasteiger partial charge in [-0.25, -0.2) is 32.1 Å². The minimum atomic E-state index is -4.15. The lowest BCUT2D eigenvalue weighted by Crippen LogP contribution is -2.55. The number of hydrogen-bond acceptors (Lipinski definition) is 10. The van der Waals surface area contributed by atoms with Gasteiger partial charge in [0.05, 0.1) is 43.1 Å². The summed E-state index contributed by atoms with van der Waals surface area (Å²) < 4.78 is 46.1. The van der Waals surface area contributed by atoms with E-state index in [1.807, 2.05) is 60.4 Å². The summed E-state index contributed by atoms with van der Waals surface area (Å²) in [6, 6.07) is 12.8. The molecule has 3 aliphatic heterocycles. The Morgan fingerprint density at radius 1 is 1.00 bits per heavy atom. The maximum Gasteiger partial charge on any atom is 0.357 e. The van der Waals surface area contributed by atoms with Crippen LogP contribution in [0.15, 0.2) is 69.3 Å². The molecule has 13 heteroatoms. The Kier molecular flexibility index (Phi) is 9.41. The summed E-state index contributed by atoms with van der Waals surface area (Å²) in [6.45, 7) is 5.45. The van der Waals surface area contributed by atoms with Gasteiger partial charge in [-0.1, -0.05) is 59.6 Å². The van der Waals surface area contributed by atoms with Crippen LogP contribution in [0.2, 0.25) is 0 Å². The number of amidine groups is 1. The van der Waals surface area contributed by atoms with Gasteiger partial charge >= 0.3 is 17.9 Å². The van der Waals surface area contributed by atoms with Crippen LogP contribution in [0.5, 0.6) is 0 Å². The lowest BCUT2D eigenvalue weighted by Gasteiger charge is -2.41. The van der Waals surface area contributed by atoms with Crippen LogP contribution in [-0.4, -0.2) is 74.6 Å². The van der Waals surface area contributed by atoms with Crippen LogP contribution < -0.4 is 4.90 Å². The number of carbonyl (C=O) groups excluding carboxylic acids is 3. The predicted octanol–water partition coefficient (Wildman–Crippen LogP) is 4.25. The summed E-state index contributed by atoms with van der Waals surface area (Å²) in [7, 11) is -2.95. The second kappa shape index (κ2) is 13.0. The molecule has 1 unspecified atom stereocenters. The highest BCUT2D eigenvalue weighted by molar-refractivity contribution is 9.10. The molecule has 3 atom stereocenters. The molecule has 2 aromatic carbocycles. The third-order valence-corrected chi connectivity index (χ3v) is 10.7. The van der Waals surface area contributed by atoms with Crippen molar-refractivity contribution in [2.45, 2.75) is 64.1 Å². The fraction of sp³-hybridized carbons (Fsp3) is 0.438. The standard InChI is InChI=1S/C32H36BrN3O8S/c1-5-8-17-45(40,41)36-24(28(37)42-4)18-32-22-11-9-10-12-23(22)35(19-20-13-15-21(33)16-14-20)27(32)25(29(38)43-6-2)26(34-31(32)36)30(39)44-7-3/h9-16,24,27H,5-8,17-19H2,1-4H3/t24-,27?,32-/m0/s1. The Bertz CT molecular complexity index is 1670. The Labute approximate surface area is 271 Å². The van der Waals surface area contributed by atoms with E-state index in [4.69, 9.17) is 14.2 Å². The number of esters is 3. The number of fused-ring (bicyclic) bond motifs is 1. The summed E-state index contributed by atoms with van der Waals surface area (Å²) in [4.78, 5) is 47.6. The molecule has 240 valence electrons. The lowest BCUT2D eigenvalue weighted by molar-refractivity contribution is -0.144. The van der Waals surface area contributed by atoms with Crippen LogP contribution in [0, 0.1) is 0 Å². The smallest absolute Gasteiger partial charge is 0.357 e. The Hall–Kier alpha value is -3.71. The van der Waals surface area contributed by atoms with E-state index in [0.29, 0.717) is 24.1 Å². The van der Waals surface area contributed by atoms with E-state index in [-0.39, 0.29) is 49.0 Å². The molecule has 11 nitrogen and oxygen atoms in total. The molecular weight excluding hydrogens is 666 g/mol. The number of benzene rings is 2. The summed E-state index contributed by atoms with van der Waals surface area (Å²) >= 11 is 3.47. The minimum Gasteiger partial charge on any atom is -0.467 e. The molecule has 0 saturated carbocycles. The number of aliphatic imine (C=N–C) groups is 1. The zero-order chi connectivity index (χ0) is 32.5. The summed E-state index contributed by atoms with van der Waals surface area (Å²) in [5.41, 5.74) is 0.552. The van der Waals surface area contributed by atoms with Gasteiger partial charge in [0.1, 0.15) is 11.9 Å². The maximum atomic E-state index is 14.1.